The molecule has 1 saturated carbocycles. The summed E-state index contributed by atoms with van der Waals surface area (Å²) in [6.45, 7) is 14.9. The van der Waals surface area contributed by atoms with Gasteiger partial charge in [0.15, 0.2) is 0 Å². The molecule has 2 aliphatic rings. The molecule has 2 N–H and O–H groups in total. The first-order chi connectivity index (χ1) is 11.6. The maximum atomic E-state index is 13.3. The van der Waals surface area contributed by atoms with Gasteiger partial charge in [-0.1, -0.05) is 34.6 Å². The van der Waals surface area contributed by atoms with E-state index in [0.29, 0.717) is 6.42 Å². The van der Waals surface area contributed by atoms with Crippen LogP contribution in [0.15, 0.2) is 0 Å². The smallest absolute Gasteiger partial charge is 0.408 e. The van der Waals surface area contributed by atoms with E-state index in [1.807, 2.05) is 34.6 Å². The minimum absolute atomic E-state index is 0.0873. The van der Waals surface area contributed by atoms with Crippen LogP contribution in [-0.4, -0.2) is 51.7 Å². The van der Waals surface area contributed by atoms with Crippen molar-refractivity contribution in [3.05, 3.63) is 0 Å². The van der Waals surface area contributed by atoms with Gasteiger partial charge in [0, 0.05) is 6.04 Å². The topological polar surface area (TPSA) is 95.9 Å². The zero-order chi connectivity index (χ0) is 20.2. The van der Waals surface area contributed by atoms with Crippen LogP contribution in [0.4, 0.5) is 4.79 Å². The molecule has 1 saturated heterocycles. The Kier molecular flexibility index (Phi) is 4.84. The van der Waals surface area contributed by atoms with Gasteiger partial charge in [-0.2, -0.15) is 0 Å². The SMILES string of the molecule is CC(C)(C)OC(=O)NC(C(=O)N1C(C(=O)O)C[C@H]2[C@@H]1C2(C)C)C(C)(C)C. The van der Waals surface area contributed by atoms with E-state index in [0.717, 1.165) is 0 Å². The first-order valence-corrected chi connectivity index (χ1v) is 9.12. The molecule has 2 rings (SSSR count). The zero-order valence-corrected chi connectivity index (χ0v) is 17.0. The number of amides is 2. The molecule has 4 atom stereocenters. The Morgan fingerprint density at radius 3 is 2.12 bits per heavy atom. The number of hydrogen-bond acceptors (Lipinski definition) is 4. The predicted octanol–water partition coefficient (Wildman–Crippen LogP) is 2.64. The Labute approximate surface area is 155 Å². The Morgan fingerprint density at radius 1 is 1.15 bits per heavy atom. The van der Waals surface area contributed by atoms with Gasteiger partial charge in [0.25, 0.3) is 0 Å². The number of piperidine rings is 1. The number of rotatable bonds is 3. The second-order valence-electron chi connectivity index (χ2n) is 10.2. The van der Waals surface area contributed by atoms with E-state index in [-0.39, 0.29) is 23.3 Å². The number of nitrogens with one attached hydrogen (secondary N) is 1. The number of aliphatic carboxylic acids is 1. The van der Waals surface area contributed by atoms with E-state index < -0.39 is 35.2 Å². The van der Waals surface area contributed by atoms with Gasteiger partial charge in [0.1, 0.15) is 17.7 Å². The van der Waals surface area contributed by atoms with Crippen molar-refractivity contribution in [3.63, 3.8) is 0 Å². The van der Waals surface area contributed by atoms with Crippen LogP contribution in [0, 0.1) is 16.7 Å². The fourth-order valence-electron chi connectivity index (χ4n) is 3.98. The highest BCUT2D eigenvalue weighted by Crippen LogP contribution is 2.62. The van der Waals surface area contributed by atoms with E-state index >= 15 is 0 Å². The number of nitrogens with zero attached hydrogens (tertiary/aromatic N) is 1. The summed E-state index contributed by atoms with van der Waals surface area (Å²) in [5.41, 5.74) is -1.36. The number of alkyl carbamates (subject to hydrolysis) is 1. The Morgan fingerprint density at radius 2 is 1.69 bits per heavy atom. The van der Waals surface area contributed by atoms with Crippen molar-refractivity contribution in [2.24, 2.45) is 16.7 Å². The van der Waals surface area contributed by atoms with Crippen molar-refractivity contribution in [1.82, 2.24) is 10.2 Å². The molecule has 0 aromatic rings. The van der Waals surface area contributed by atoms with Crippen LogP contribution >= 0.6 is 0 Å². The molecule has 148 valence electrons. The fourth-order valence-corrected chi connectivity index (χ4v) is 3.98. The van der Waals surface area contributed by atoms with E-state index in [4.69, 9.17) is 4.74 Å². The standard InChI is InChI=1S/C19H32N2O5/c1-17(2,3)12(20-16(25)26-18(4,5)6)14(22)21-11(15(23)24)9-10-13(21)19(10,7)8/h10-13H,9H2,1-8H3,(H,20,25)(H,23,24)/t10-,11?,12?,13+/m0/s1. The van der Waals surface area contributed by atoms with Crippen molar-refractivity contribution >= 4 is 18.0 Å². The highest BCUT2D eigenvalue weighted by Gasteiger charge is 2.69. The fraction of sp³-hybridized carbons (Fsp3) is 0.842. The lowest BCUT2D eigenvalue weighted by atomic mass is 9.85. The normalized spacial score (nSPS) is 28.2. The average molecular weight is 368 g/mol. The molecule has 7 nitrogen and oxygen atoms in total. The van der Waals surface area contributed by atoms with Crippen molar-refractivity contribution in [2.75, 3.05) is 0 Å². The number of carbonyl (C=O) groups is 3. The molecule has 1 aliphatic carbocycles. The molecule has 7 heteroatoms. The van der Waals surface area contributed by atoms with E-state index in [1.165, 1.54) is 4.90 Å². The summed E-state index contributed by atoms with van der Waals surface area (Å²) in [5.74, 6) is -1.16. The summed E-state index contributed by atoms with van der Waals surface area (Å²) in [6.07, 6.45) is -0.217. The highest BCUT2D eigenvalue weighted by molar-refractivity contribution is 5.91. The number of likely N-dealkylation sites (tertiary alicyclic amines) is 1. The Bertz CT molecular complexity index is 614. The average Bonchev–Trinajstić information content (AvgIpc) is 2.81. The van der Waals surface area contributed by atoms with Crippen LogP contribution in [-0.2, 0) is 14.3 Å². The summed E-state index contributed by atoms with van der Waals surface area (Å²) < 4.78 is 5.29. The lowest BCUT2D eigenvalue weighted by Crippen LogP contribution is -2.58. The predicted molar refractivity (Wildman–Crippen MR) is 96.6 cm³/mol. The number of ether oxygens (including phenoxy) is 1. The monoisotopic (exact) mass is 368 g/mol. The third-order valence-corrected chi connectivity index (χ3v) is 5.42. The van der Waals surface area contributed by atoms with Gasteiger partial charge >= 0.3 is 12.1 Å². The minimum Gasteiger partial charge on any atom is -0.480 e. The summed E-state index contributed by atoms with van der Waals surface area (Å²) in [6, 6.07) is -1.80. The molecule has 1 aliphatic heterocycles. The number of carboxylic acid groups (broad SMARTS) is 1. The zero-order valence-electron chi connectivity index (χ0n) is 17.0. The molecule has 2 unspecified atom stereocenters. The van der Waals surface area contributed by atoms with Gasteiger partial charge in [-0.15, -0.1) is 0 Å². The number of carboxylic acids is 1. The van der Waals surface area contributed by atoms with Crippen LogP contribution in [0.3, 0.4) is 0 Å². The highest BCUT2D eigenvalue weighted by atomic mass is 16.6. The number of carbonyl (C=O) groups excluding carboxylic acids is 2. The van der Waals surface area contributed by atoms with Crippen molar-refractivity contribution in [2.45, 2.75) is 85.5 Å². The molecular weight excluding hydrogens is 336 g/mol. The van der Waals surface area contributed by atoms with E-state index in [9.17, 15) is 19.5 Å². The molecule has 2 amide bonds. The largest absolute Gasteiger partial charge is 0.480 e. The molecule has 0 bridgehead atoms. The first kappa shape index (κ1) is 20.5. The lowest BCUT2D eigenvalue weighted by Gasteiger charge is -2.37. The molecule has 0 spiro atoms. The van der Waals surface area contributed by atoms with Gasteiger partial charge < -0.3 is 20.1 Å². The summed E-state index contributed by atoms with van der Waals surface area (Å²) in [7, 11) is 0. The van der Waals surface area contributed by atoms with Crippen LogP contribution in [0.2, 0.25) is 0 Å². The van der Waals surface area contributed by atoms with E-state index in [2.05, 4.69) is 5.32 Å². The summed E-state index contributed by atoms with van der Waals surface area (Å²) in [5, 5.41) is 12.2. The maximum Gasteiger partial charge on any atom is 0.408 e. The molecule has 0 aromatic heterocycles. The lowest BCUT2D eigenvalue weighted by molar-refractivity contribution is -0.152. The van der Waals surface area contributed by atoms with Gasteiger partial charge in [-0.05, 0) is 43.9 Å². The third-order valence-electron chi connectivity index (χ3n) is 5.42. The van der Waals surface area contributed by atoms with Crippen LogP contribution < -0.4 is 5.32 Å². The third kappa shape index (κ3) is 3.81. The van der Waals surface area contributed by atoms with Crippen molar-refractivity contribution in [3.8, 4) is 0 Å². The molecule has 1 heterocycles. The quantitative estimate of drug-likeness (QED) is 0.798. The van der Waals surface area contributed by atoms with Crippen LogP contribution in [0.1, 0.15) is 61.8 Å². The van der Waals surface area contributed by atoms with Crippen molar-refractivity contribution in [1.29, 1.82) is 0 Å². The second kappa shape index (κ2) is 6.13. The van der Waals surface area contributed by atoms with Gasteiger partial charge in [0.2, 0.25) is 5.91 Å². The Hall–Kier alpha value is -1.79. The van der Waals surface area contributed by atoms with Gasteiger partial charge in [-0.25, -0.2) is 9.59 Å². The second-order valence-corrected chi connectivity index (χ2v) is 10.2. The van der Waals surface area contributed by atoms with Gasteiger partial charge in [0.05, 0.1) is 0 Å². The van der Waals surface area contributed by atoms with Crippen molar-refractivity contribution < 1.29 is 24.2 Å². The molecular formula is C19H32N2O5. The van der Waals surface area contributed by atoms with Crippen LogP contribution in [0.25, 0.3) is 0 Å². The Balaban J connectivity index is 2.26. The van der Waals surface area contributed by atoms with Gasteiger partial charge in [-0.3, -0.25) is 4.79 Å². The molecule has 2 fully saturated rings. The van der Waals surface area contributed by atoms with E-state index in [1.54, 1.807) is 20.8 Å². The number of hydrogen-bond donors (Lipinski definition) is 2. The molecule has 0 radical (unpaired) electrons. The summed E-state index contributed by atoms with van der Waals surface area (Å²) in [4.78, 5) is 38.7. The first-order valence-electron chi connectivity index (χ1n) is 9.12. The molecule has 26 heavy (non-hydrogen) atoms. The van der Waals surface area contributed by atoms with Crippen LogP contribution in [0.5, 0.6) is 0 Å². The summed E-state index contributed by atoms with van der Waals surface area (Å²) >= 11 is 0. The number of fused-ring (bicyclic) bond motifs is 1. The molecule has 0 aromatic carbocycles. The minimum atomic E-state index is -0.994. The maximum absolute atomic E-state index is 13.3.